The number of methoxy groups -OCH3 is 2. The van der Waals surface area contributed by atoms with Gasteiger partial charge in [0.1, 0.15) is 11.5 Å². The number of rotatable bonds is 14. The minimum Gasteiger partial charge on any atom is -0.497 e. The second-order valence-corrected chi connectivity index (χ2v) is 11.1. The fraction of sp³-hybridized carbons (Fsp3) is 0.265. The molecule has 2 heterocycles. The summed E-state index contributed by atoms with van der Waals surface area (Å²) in [5.41, 5.74) is 7.18. The van der Waals surface area contributed by atoms with Crippen LogP contribution in [0.25, 0.3) is 22.3 Å². The van der Waals surface area contributed by atoms with Crippen LogP contribution >= 0.6 is 0 Å². The van der Waals surface area contributed by atoms with Crippen LogP contribution in [0.1, 0.15) is 30.6 Å². The Hall–Kier alpha value is -5.53. The van der Waals surface area contributed by atoms with Gasteiger partial charge in [-0.3, -0.25) is 24.5 Å². The molecule has 0 radical (unpaired) electrons. The Bertz CT molecular complexity index is 1820. The van der Waals surface area contributed by atoms with Gasteiger partial charge in [0.2, 0.25) is 5.91 Å². The molecule has 13 heteroatoms. The highest BCUT2D eigenvalue weighted by atomic mass is 16.5. The number of benzene rings is 3. The fourth-order valence-electron chi connectivity index (χ4n) is 4.95. The summed E-state index contributed by atoms with van der Waals surface area (Å²) in [4.78, 5) is 35.8. The van der Waals surface area contributed by atoms with Crippen LogP contribution in [0.4, 0.5) is 17.1 Å². The van der Waals surface area contributed by atoms with Crippen LogP contribution in [-0.4, -0.2) is 70.1 Å². The first-order valence-corrected chi connectivity index (χ1v) is 15.1. The summed E-state index contributed by atoms with van der Waals surface area (Å²) >= 11 is 0. The molecule has 5 aromatic rings. The molecule has 2 aromatic heterocycles. The quantitative estimate of drug-likeness (QED) is 0.0985. The summed E-state index contributed by atoms with van der Waals surface area (Å²) in [7, 11) is 3.27. The molecule has 0 aliphatic rings. The minimum atomic E-state index is -0.625. The van der Waals surface area contributed by atoms with Crippen molar-refractivity contribution in [1.29, 1.82) is 0 Å². The molecular formula is C34H38N8O5. The third-order valence-corrected chi connectivity index (χ3v) is 7.40. The van der Waals surface area contributed by atoms with Gasteiger partial charge >= 0.3 is 0 Å². The topological polar surface area (TPSA) is 156 Å². The van der Waals surface area contributed by atoms with Gasteiger partial charge in [0, 0.05) is 84.7 Å². The van der Waals surface area contributed by atoms with Crippen molar-refractivity contribution in [2.45, 2.75) is 32.9 Å². The van der Waals surface area contributed by atoms with Crippen molar-refractivity contribution in [3.63, 3.8) is 0 Å². The predicted molar refractivity (Wildman–Crippen MR) is 179 cm³/mol. The lowest BCUT2D eigenvalue weighted by atomic mass is 10.2. The highest BCUT2D eigenvalue weighted by Crippen LogP contribution is 2.34. The monoisotopic (exact) mass is 638 g/mol. The maximum atomic E-state index is 12.5. The summed E-state index contributed by atoms with van der Waals surface area (Å²) in [5.74, 6) is 0.560. The Morgan fingerprint density at radius 2 is 1.68 bits per heavy atom. The van der Waals surface area contributed by atoms with E-state index in [2.05, 4.69) is 39.5 Å². The number of ether oxygens (including phenoxy) is 2. The van der Waals surface area contributed by atoms with E-state index in [9.17, 15) is 9.59 Å². The van der Waals surface area contributed by atoms with Crippen molar-refractivity contribution in [3.05, 3.63) is 84.8 Å². The van der Waals surface area contributed by atoms with Crippen molar-refractivity contribution in [2.24, 2.45) is 0 Å². The normalized spacial score (nSPS) is 11.0. The van der Waals surface area contributed by atoms with Gasteiger partial charge in [-0.1, -0.05) is 13.8 Å². The third-order valence-electron chi connectivity index (χ3n) is 7.40. The molecule has 0 aliphatic carbocycles. The van der Waals surface area contributed by atoms with Crippen LogP contribution in [0.2, 0.25) is 0 Å². The number of anilines is 3. The molecule has 4 N–H and O–H groups in total. The number of carbonyl (C=O) groups excluding carboxylic acids is 2. The number of hydroxylamine groups is 1. The molecule has 0 saturated heterocycles. The van der Waals surface area contributed by atoms with Gasteiger partial charge in [0.05, 0.1) is 43.3 Å². The summed E-state index contributed by atoms with van der Waals surface area (Å²) in [6, 6.07) is 18.4. The van der Waals surface area contributed by atoms with Crippen LogP contribution in [0.5, 0.6) is 11.5 Å². The van der Waals surface area contributed by atoms with E-state index in [1.165, 1.54) is 12.1 Å². The zero-order valence-electron chi connectivity index (χ0n) is 26.7. The van der Waals surface area contributed by atoms with Gasteiger partial charge in [-0.05, 0) is 42.5 Å². The maximum absolute atomic E-state index is 12.5. The van der Waals surface area contributed by atoms with Gasteiger partial charge in [0.25, 0.3) is 5.91 Å². The first-order valence-electron chi connectivity index (χ1n) is 15.1. The van der Waals surface area contributed by atoms with E-state index in [1.807, 2.05) is 42.6 Å². The smallest absolute Gasteiger partial charge is 0.274 e. The van der Waals surface area contributed by atoms with E-state index in [4.69, 9.17) is 19.7 Å². The third kappa shape index (κ3) is 8.39. The number of aryl methyl sites for hydroxylation is 1. The van der Waals surface area contributed by atoms with Crippen LogP contribution in [0, 0.1) is 0 Å². The fourth-order valence-corrected chi connectivity index (χ4v) is 4.95. The lowest BCUT2D eigenvalue weighted by Gasteiger charge is -2.27. The van der Waals surface area contributed by atoms with E-state index >= 15 is 0 Å². The minimum absolute atomic E-state index is 0.184. The molecule has 0 unspecified atom stereocenters. The summed E-state index contributed by atoms with van der Waals surface area (Å²) in [5, 5.41) is 19.5. The van der Waals surface area contributed by atoms with Crippen LogP contribution in [0.15, 0.2) is 79.3 Å². The van der Waals surface area contributed by atoms with Gasteiger partial charge in [-0.15, -0.1) is 0 Å². The highest BCUT2D eigenvalue weighted by Gasteiger charge is 2.15. The van der Waals surface area contributed by atoms with Crippen LogP contribution in [0.3, 0.4) is 0 Å². The molecular weight excluding hydrogens is 600 g/mol. The Morgan fingerprint density at radius 1 is 0.936 bits per heavy atom. The van der Waals surface area contributed by atoms with Crippen molar-refractivity contribution in [1.82, 2.24) is 30.5 Å². The molecule has 5 rings (SSSR count). The molecule has 13 nitrogen and oxygen atoms in total. The zero-order chi connectivity index (χ0) is 33.3. The zero-order valence-corrected chi connectivity index (χ0v) is 26.7. The SMILES string of the molecule is COc1cc(OC)cc(N(CCNC(C)C)c2ccc3ncc(-c4cnn(CCC(=O)Nc5ccc(C(=O)NO)cc5)c4)nc3c2)c1. The lowest BCUT2D eigenvalue weighted by Crippen LogP contribution is -2.32. The van der Waals surface area contributed by atoms with Crippen molar-refractivity contribution >= 4 is 39.9 Å². The molecule has 0 atom stereocenters. The molecule has 0 spiro atoms. The number of hydrogen-bond acceptors (Lipinski definition) is 10. The highest BCUT2D eigenvalue weighted by molar-refractivity contribution is 5.95. The Kier molecular flexibility index (Phi) is 10.6. The number of nitrogens with zero attached hydrogens (tertiary/aromatic N) is 5. The molecule has 3 aromatic carbocycles. The summed E-state index contributed by atoms with van der Waals surface area (Å²) in [6.07, 6.45) is 5.44. The first kappa shape index (κ1) is 32.9. The van der Waals surface area contributed by atoms with E-state index in [0.717, 1.165) is 34.5 Å². The number of nitrogens with one attached hydrogen (secondary N) is 3. The first-order chi connectivity index (χ1) is 22.8. The Morgan fingerprint density at radius 3 is 2.36 bits per heavy atom. The van der Waals surface area contributed by atoms with E-state index in [0.29, 0.717) is 42.0 Å². The molecule has 244 valence electrons. The summed E-state index contributed by atoms with van der Waals surface area (Å²) < 4.78 is 12.8. The van der Waals surface area contributed by atoms with Crippen molar-refractivity contribution in [3.8, 4) is 22.8 Å². The molecule has 0 saturated carbocycles. The molecule has 47 heavy (non-hydrogen) atoms. The van der Waals surface area contributed by atoms with Gasteiger partial charge in [-0.25, -0.2) is 10.5 Å². The largest absolute Gasteiger partial charge is 0.497 e. The average Bonchev–Trinajstić information content (AvgIpc) is 3.57. The van der Waals surface area contributed by atoms with E-state index in [1.54, 1.807) is 48.9 Å². The average molecular weight is 639 g/mol. The number of fused-ring (bicyclic) bond motifs is 1. The maximum Gasteiger partial charge on any atom is 0.274 e. The Labute approximate surface area is 272 Å². The number of hydrogen-bond donors (Lipinski definition) is 4. The summed E-state index contributed by atoms with van der Waals surface area (Å²) in [6.45, 7) is 6.04. The lowest BCUT2D eigenvalue weighted by molar-refractivity contribution is -0.116. The predicted octanol–water partition coefficient (Wildman–Crippen LogP) is 4.79. The van der Waals surface area contributed by atoms with E-state index in [-0.39, 0.29) is 17.9 Å². The molecule has 2 amide bonds. The second-order valence-electron chi connectivity index (χ2n) is 11.1. The van der Waals surface area contributed by atoms with Gasteiger partial charge in [0.15, 0.2) is 0 Å². The van der Waals surface area contributed by atoms with Crippen molar-refractivity contribution < 1.29 is 24.3 Å². The second kappa shape index (κ2) is 15.2. The van der Waals surface area contributed by atoms with E-state index < -0.39 is 5.91 Å². The molecule has 0 bridgehead atoms. The number of aromatic nitrogens is 4. The van der Waals surface area contributed by atoms with Gasteiger partial charge < -0.3 is 25.0 Å². The molecule has 0 aliphatic heterocycles. The van der Waals surface area contributed by atoms with Crippen LogP contribution < -0.4 is 30.5 Å². The van der Waals surface area contributed by atoms with Gasteiger partial charge in [-0.2, -0.15) is 5.10 Å². The number of amides is 2. The van der Waals surface area contributed by atoms with Crippen LogP contribution in [-0.2, 0) is 11.3 Å². The molecule has 0 fully saturated rings. The number of carbonyl (C=O) groups is 2. The standard InChI is InChI=1S/C34H38N8O5/c1-22(2)35-12-14-42(27-15-28(46-3)18-29(16-27)47-4)26-9-10-30-31(17-26)39-32(20-36-30)24-19-37-41(21-24)13-11-33(43)38-25-7-5-23(6-8-25)34(44)40-45/h5-10,15-22,35,45H,11-14H2,1-4H3,(H,38,43)(H,40,44). The Balaban J connectivity index is 1.31. The van der Waals surface area contributed by atoms with Crippen molar-refractivity contribution in [2.75, 3.05) is 37.5 Å².